The molecular weight excluding hydrogens is 268 g/mol. The lowest BCUT2D eigenvalue weighted by Crippen LogP contribution is -2.06. The number of nitrogens with zero attached hydrogens (tertiary/aromatic N) is 1. The Hall–Kier alpha value is -1.68. The van der Waals surface area contributed by atoms with Gasteiger partial charge in [0.2, 0.25) is 0 Å². The van der Waals surface area contributed by atoms with E-state index in [1.807, 2.05) is 24.3 Å². The van der Waals surface area contributed by atoms with Crippen LogP contribution in [0.1, 0.15) is 0 Å². The summed E-state index contributed by atoms with van der Waals surface area (Å²) in [5.74, 6) is 0. The molecule has 0 aliphatic heterocycles. The van der Waals surface area contributed by atoms with Crippen LogP contribution in [-0.2, 0) is 0 Å². The number of fused-ring (bicyclic) bond motifs is 3. The molecule has 2 aromatic carbocycles. The van der Waals surface area contributed by atoms with Gasteiger partial charge in [-0.1, -0.05) is 34.1 Å². The fraction of sp³-hybridized carbons (Fsp3) is 0. The molecule has 16 heavy (non-hydrogen) atoms. The fourth-order valence-corrected chi connectivity index (χ4v) is 2.36. The maximum Gasteiger partial charge on any atom is 0.258 e. The minimum Gasteiger partial charge on any atom is -0.313 e. The molecule has 0 radical (unpaired) electrons. The molecule has 0 saturated heterocycles. The van der Waals surface area contributed by atoms with Gasteiger partial charge >= 0.3 is 0 Å². The van der Waals surface area contributed by atoms with Gasteiger partial charge in [0.05, 0.1) is 17.2 Å². The number of halogens is 1. The highest BCUT2D eigenvalue weighted by Crippen LogP contribution is 2.27. The van der Waals surface area contributed by atoms with Crippen LogP contribution in [0, 0.1) is 0 Å². The number of aromatic amines is 1. The molecule has 78 valence electrons. The van der Waals surface area contributed by atoms with Crippen LogP contribution in [-0.4, -0.2) is 9.97 Å². The van der Waals surface area contributed by atoms with E-state index < -0.39 is 0 Å². The summed E-state index contributed by atoms with van der Waals surface area (Å²) in [4.78, 5) is 18.4. The number of benzene rings is 2. The quantitative estimate of drug-likeness (QED) is 0.641. The SMILES string of the molecule is O=c1[nH]cnc2c1ccc1c(Br)cccc12. The van der Waals surface area contributed by atoms with Crippen molar-refractivity contribution in [1.29, 1.82) is 0 Å². The Morgan fingerprint density at radius 1 is 1.06 bits per heavy atom. The Bertz CT molecular complexity index is 749. The van der Waals surface area contributed by atoms with Gasteiger partial charge in [-0.2, -0.15) is 0 Å². The molecule has 0 fully saturated rings. The third-order valence-corrected chi connectivity index (χ3v) is 3.31. The molecule has 3 nitrogen and oxygen atoms in total. The van der Waals surface area contributed by atoms with Crippen LogP contribution in [0.4, 0.5) is 0 Å². The van der Waals surface area contributed by atoms with E-state index in [0.29, 0.717) is 5.39 Å². The van der Waals surface area contributed by atoms with Crippen molar-refractivity contribution in [3.8, 4) is 0 Å². The van der Waals surface area contributed by atoms with E-state index in [1.54, 1.807) is 6.07 Å². The second-order valence-corrected chi connectivity index (χ2v) is 4.38. The van der Waals surface area contributed by atoms with E-state index in [0.717, 1.165) is 20.8 Å². The van der Waals surface area contributed by atoms with Crippen LogP contribution in [0.25, 0.3) is 21.7 Å². The van der Waals surface area contributed by atoms with E-state index in [4.69, 9.17) is 0 Å². The first-order valence-corrected chi connectivity index (χ1v) is 5.61. The molecule has 0 aliphatic carbocycles. The van der Waals surface area contributed by atoms with Crippen molar-refractivity contribution in [3.63, 3.8) is 0 Å². The standard InChI is InChI=1S/C12H7BrN2O/c13-10-3-1-2-8-7(10)4-5-9-11(8)14-6-15-12(9)16/h1-6H,(H,14,15,16). The molecular formula is C12H7BrN2O. The van der Waals surface area contributed by atoms with Crippen LogP contribution in [0.15, 0.2) is 45.9 Å². The van der Waals surface area contributed by atoms with E-state index >= 15 is 0 Å². The highest BCUT2D eigenvalue weighted by Gasteiger charge is 2.05. The first-order valence-electron chi connectivity index (χ1n) is 4.82. The van der Waals surface area contributed by atoms with E-state index in [1.165, 1.54) is 6.33 Å². The second-order valence-electron chi connectivity index (χ2n) is 3.53. The molecule has 1 heterocycles. The zero-order valence-electron chi connectivity index (χ0n) is 8.20. The summed E-state index contributed by atoms with van der Waals surface area (Å²) < 4.78 is 1.01. The summed E-state index contributed by atoms with van der Waals surface area (Å²) in [5.41, 5.74) is 0.634. The van der Waals surface area contributed by atoms with Gasteiger partial charge in [0.1, 0.15) is 0 Å². The van der Waals surface area contributed by atoms with Gasteiger partial charge in [0, 0.05) is 9.86 Å². The Balaban J connectivity index is 2.66. The molecule has 1 N–H and O–H groups in total. The summed E-state index contributed by atoms with van der Waals surface area (Å²) in [6, 6.07) is 9.61. The molecule has 3 aromatic rings. The van der Waals surface area contributed by atoms with Crippen LogP contribution in [0.3, 0.4) is 0 Å². The lowest BCUT2D eigenvalue weighted by molar-refractivity contribution is 1.18. The maximum atomic E-state index is 11.6. The molecule has 0 bridgehead atoms. The highest BCUT2D eigenvalue weighted by atomic mass is 79.9. The predicted octanol–water partition coefficient (Wildman–Crippen LogP) is 2.84. The van der Waals surface area contributed by atoms with Gasteiger partial charge in [-0.15, -0.1) is 0 Å². The summed E-state index contributed by atoms with van der Waals surface area (Å²) in [6.45, 7) is 0. The van der Waals surface area contributed by atoms with Gasteiger partial charge in [-0.3, -0.25) is 4.79 Å². The van der Waals surface area contributed by atoms with Crippen LogP contribution in [0.2, 0.25) is 0 Å². The van der Waals surface area contributed by atoms with E-state index in [2.05, 4.69) is 25.9 Å². The van der Waals surface area contributed by atoms with E-state index in [9.17, 15) is 4.79 Å². The van der Waals surface area contributed by atoms with Gasteiger partial charge in [0.15, 0.2) is 0 Å². The lowest BCUT2D eigenvalue weighted by Gasteiger charge is -2.03. The van der Waals surface area contributed by atoms with Gasteiger partial charge in [0.25, 0.3) is 5.56 Å². The Morgan fingerprint density at radius 2 is 1.88 bits per heavy atom. The molecule has 3 rings (SSSR count). The van der Waals surface area contributed by atoms with Crippen molar-refractivity contribution >= 4 is 37.6 Å². The molecule has 4 heteroatoms. The number of aromatic nitrogens is 2. The van der Waals surface area contributed by atoms with Gasteiger partial charge < -0.3 is 4.98 Å². The number of H-pyrrole nitrogens is 1. The molecule has 0 spiro atoms. The van der Waals surface area contributed by atoms with Crippen molar-refractivity contribution in [2.75, 3.05) is 0 Å². The third-order valence-electron chi connectivity index (χ3n) is 2.61. The van der Waals surface area contributed by atoms with Crippen molar-refractivity contribution in [1.82, 2.24) is 9.97 Å². The molecule has 0 unspecified atom stereocenters. The molecule has 0 saturated carbocycles. The summed E-state index contributed by atoms with van der Waals surface area (Å²) in [5, 5.41) is 2.67. The van der Waals surface area contributed by atoms with Gasteiger partial charge in [-0.05, 0) is 17.5 Å². The monoisotopic (exact) mass is 274 g/mol. The number of hydrogen-bond donors (Lipinski definition) is 1. The number of hydrogen-bond acceptors (Lipinski definition) is 2. The van der Waals surface area contributed by atoms with Crippen molar-refractivity contribution in [3.05, 3.63) is 51.5 Å². The maximum absolute atomic E-state index is 11.6. The molecule has 1 aromatic heterocycles. The first kappa shape index (κ1) is 9.54. The average molecular weight is 275 g/mol. The first-order chi connectivity index (χ1) is 7.77. The van der Waals surface area contributed by atoms with Crippen LogP contribution < -0.4 is 5.56 Å². The summed E-state index contributed by atoms with van der Waals surface area (Å²) >= 11 is 3.49. The number of rotatable bonds is 0. The van der Waals surface area contributed by atoms with Crippen LogP contribution in [0.5, 0.6) is 0 Å². The third kappa shape index (κ3) is 1.27. The zero-order valence-corrected chi connectivity index (χ0v) is 9.78. The summed E-state index contributed by atoms with van der Waals surface area (Å²) in [7, 11) is 0. The minimum atomic E-state index is -0.105. The molecule has 0 atom stereocenters. The van der Waals surface area contributed by atoms with Crippen LogP contribution >= 0.6 is 15.9 Å². The predicted molar refractivity (Wildman–Crippen MR) is 67.6 cm³/mol. The summed E-state index contributed by atoms with van der Waals surface area (Å²) in [6.07, 6.45) is 1.44. The van der Waals surface area contributed by atoms with Crippen molar-refractivity contribution in [2.45, 2.75) is 0 Å². The van der Waals surface area contributed by atoms with Crippen molar-refractivity contribution in [2.24, 2.45) is 0 Å². The topological polar surface area (TPSA) is 45.8 Å². The van der Waals surface area contributed by atoms with Crippen molar-refractivity contribution < 1.29 is 0 Å². The largest absolute Gasteiger partial charge is 0.313 e. The highest BCUT2D eigenvalue weighted by molar-refractivity contribution is 9.10. The second kappa shape index (κ2) is 3.42. The van der Waals surface area contributed by atoms with Gasteiger partial charge in [-0.25, -0.2) is 4.98 Å². The Morgan fingerprint density at radius 3 is 2.75 bits per heavy atom. The zero-order chi connectivity index (χ0) is 11.1. The minimum absolute atomic E-state index is 0.105. The Labute approximate surface area is 99.3 Å². The number of nitrogens with one attached hydrogen (secondary N) is 1. The fourth-order valence-electron chi connectivity index (χ4n) is 1.86. The average Bonchev–Trinajstić information content (AvgIpc) is 2.30. The molecule has 0 aliphatic rings. The lowest BCUT2D eigenvalue weighted by atomic mass is 10.1. The van der Waals surface area contributed by atoms with E-state index in [-0.39, 0.29) is 5.56 Å². The normalized spacial score (nSPS) is 11.1. The smallest absolute Gasteiger partial charge is 0.258 e. The molecule has 0 amide bonds. The Kier molecular flexibility index (Phi) is 2.04.